The number of anilines is 4. The fourth-order valence-electron chi connectivity index (χ4n) is 5.98. The van der Waals surface area contributed by atoms with E-state index in [0.717, 1.165) is 18.3 Å². The van der Waals surface area contributed by atoms with Crippen LogP contribution in [0.1, 0.15) is 69.1 Å². The number of ether oxygens (including phenoxy) is 1. The lowest BCUT2D eigenvalue weighted by Crippen LogP contribution is -2.41. The second kappa shape index (κ2) is 16.3. The van der Waals surface area contributed by atoms with Crippen molar-refractivity contribution in [2.24, 2.45) is 5.41 Å². The van der Waals surface area contributed by atoms with Crippen LogP contribution in [-0.2, 0) is 41.8 Å². The number of methoxy groups -OCH3 is 1. The first-order chi connectivity index (χ1) is 26.8. The number of carbonyl (C=O) groups excluding carboxylic acids is 1. The Balaban J connectivity index is 1.14. The number of hydrogen-bond acceptors (Lipinski definition) is 13. The molecule has 15 nitrogen and oxygen atoms in total. The largest absolute Gasteiger partial charge is 0.498 e. The van der Waals surface area contributed by atoms with Crippen LogP contribution < -0.4 is 26.2 Å². The zero-order chi connectivity index (χ0) is 41.4. The molecule has 1 saturated heterocycles. The number of alkyl halides is 3. The minimum Gasteiger partial charge on any atom is -0.495 e. The van der Waals surface area contributed by atoms with Gasteiger partial charge >= 0.3 is 20.9 Å². The van der Waals surface area contributed by atoms with Crippen LogP contribution in [0.3, 0.4) is 0 Å². The third kappa shape index (κ3) is 9.80. The second-order valence-electron chi connectivity index (χ2n) is 14.9. The van der Waals surface area contributed by atoms with Crippen molar-refractivity contribution < 1.29 is 45.6 Å². The molecule has 4 aromatic rings. The van der Waals surface area contributed by atoms with Crippen LogP contribution >= 0.6 is 23.5 Å². The minimum atomic E-state index is -4.83. The highest BCUT2D eigenvalue weighted by Crippen LogP contribution is 2.56. The number of hydrogen-bond donors (Lipinski definition) is 3. The molecule has 1 aliphatic carbocycles. The number of pyridine rings is 1. The molecule has 0 spiro atoms. The summed E-state index contributed by atoms with van der Waals surface area (Å²) in [6, 6.07) is 7.75. The molecule has 1 unspecified atom stereocenters. The van der Waals surface area contributed by atoms with Crippen LogP contribution in [0.5, 0.6) is 5.75 Å². The first kappa shape index (κ1) is 42.5. The van der Waals surface area contributed by atoms with E-state index in [2.05, 4.69) is 51.9 Å². The highest BCUT2D eigenvalue weighted by molar-refractivity contribution is 9.10. The van der Waals surface area contributed by atoms with Crippen LogP contribution in [0, 0.1) is 5.41 Å². The van der Waals surface area contributed by atoms with E-state index >= 15 is 0 Å². The summed E-state index contributed by atoms with van der Waals surface area (Å²) in [6.07, 6.45) is 1.08. The van der Waals surface area contributed by atoms with Gasteiger partial charge in [0.15, 0.2) is 5.69 Å². The van der Waals surface area contributed by atoms with E-state index < -0.39 is 49.4 Å². The number of rotatable bonds is 16. The molecule has 1 aromatic carbocycles. The monoisotopic (exact) mass is 878 g/mol. The number of carbonyl (C=O) groups is 1. The SMILES string of the molecule is CCOP(=O)(Cc1ccc(Nc2ncc(C(F)(F)F)c(Nc3ccc(Br)nc3C(=O)NC)n2)c(OC)c1)OCC1(Cn2cc(B3OC(C)(C)C(C)(C)O3)cn2)CC1. The Morgan fingerprint density at radius 2 is 1.74 bits per heavy atom. The van der Waals surface area contributed by atoms with Crippen molar-refractivity contribution in [3.05, 3.63) is 70.3 Å². The summed E-state index contributed by atoms with van der Waals surface area (Å²) >= 11 is 3.17. The number of benzene rings is 1. The fraction of sp³-hybridized carbons (Fsp3) is 0.472. The Morgan fingerprint density at radius 3 is 2.37 bits per heavy atom. The van der Waals surface area contributed by atoms with Gasteiger partial charge < -0.3 is 39.0 Å². The van der Waals surface area contributed by atoms with E-state index in [1.165, 1.54) is 26.3 Å². The molecule has 3 aromatic heterocycles. The molecule has 1 aliphatic heterocycles. The zero-order valence-corrected chi connectivity index (χ0v) is 35.0. The molecule has 6 rings (SSSR count). The van der Waals surface area contributed by atoms with Crippen LogP contribution in [-0.4, -0.2) is 76.3 Å². The Morgan fingerprint density at radius 1 is 1.04 bits per heavy atom. The maximum Gasteiger partial charge on any atom is 0.498 e. The van der Waals surface area contributed by atoms with E-state index in [1.807, 2.05) is 38.6 Å². The van der Waals surface area contributed by atoms with Crippen LogP contribution in [0.15, 0.2) is 53.5 Å². The molecule has 2 fully saturated rings. The molecule has 57 heavy (non-hydrogen) atoms. The van der Waals surface area contributed by atoms with E-state index in [4.69, 9.17) is 23.1 Å². The maximum absolute atomic E-state index is 14.1. The molecule has 306 valence electrons. The normalized spacial score (nSPS) is 17.8. The van der Waals surface area contributed by atoms with Crippen molar-refractivity contribution in [3.8, 4) is 5.75 Å². The average molecular weight is 879 g/mol. The van der Waals surface area contributed by atoms with E-state index in [-0.39, 0.29) is 47.9 Å². The quantitative estimate of drug-likeness (QED) is 0.0585. The summed E-state index contributed by atoms with van der Waals surface area (Å²) in [5.41, 5.74) is -0.876. The third-order valence-corrected chi connectivity index (χ3v) is 12.4. The molecule has 0 bridgehead atoms. The third-order valence-electron chi connectivity index (χ3n) is 10.1. The van der Waals surface area contributed by atoms with Gasteiger partial charge in [0.25, 0.3) is 5.91 Å². The topological polar surface area (TPSA) is 173 Å². The van der Waals surface area contributed by atoms with Gasteiger partial charge in [-0.2, -0.15) is 23.3 Å². The van der Waals surface area contributed by atoms with Gasteiger partial charge in [-0.15, -0.1) is 0 Å². The first-order valence-electron chi connectivity index (χ1n) is 18.1. The molecule has 0 radical (unpaired) electrons. The standard InChI is InChI=1S/C36H44BBrF3N8O7P/c1-8-53-57(51,54-21-35(13-14-35)20-49-18-23(16-44-49)37-55-33(2,3)34(4,5)56-37)19-22-9-10-25(27(15-22)52-7)46-32-43-17-24(36(39,40)41)30(48-32)45-26-11-12-28(38)47-29(26)31(50)42-6/h9-12,15-18H,8,13-14,19-21H2,1-7H3,(H,42,50)(H2,43,45,46,48). The zero-order valence-electron chi connectivity index (χ0n) is 32.5. The summed E-state index contributed by atoms with van der Waals surface area (Å²) in [7, 11) is -1.41. The second-order valence-corrected chi connectivity index (χ2v) is 17.7. The van der Waals surface area contributed by atoms with Crippen molar-refractivity contribution >= 4 is 65.2 Å². The van der Waals surface area contributed by atoms with Crippen molar-refractivity contribution in [3.63, 3.8) is 0 Å². The number of nitrogens with one attached hydrogen (secondary N) is 3. The van der Waals surface area contributed by atoms with Gasteiger partial charge in [-0.1, -0.05) is 6.07 Å². The highest BCUT2D eigenvalue weighted by atomic mass is 79.9. The molecule has 3 N–H and O–H groups in total. The average Bonchev–Trinajstić information content (AvgIpc) is 3.67. The number of aromatic nitrogens is 5. The maximum atomic E-state index is 14.1. The molecule has 4 heterocycles. The van der Waals surface area contributed by atoms with Gasteiger partial charge in [0.2, 0.25) is 5.95 Å². The van der Waals surface area contributed by atoms with Crippen molar-refractivity contribution in [1.29, 1.82) is 0 Å². The smallest absolute Gasteiger partial charge is 0.495 e. The van der Waals surface area contributed by atoms with Gasteiger partial charge in [0, 0.05) is 43.1 Å². The summed E-state index contributed by atoms with van der Waals surface area (Å²) in [4.78, 5) is 24.5. The number of amides is 1. The molecule has 21 heteroatoms. The molecular weight excluding hydrogens is 835 g/mol. The molecule has 1 amide bonds. The van der Waals surface area contributed by atoms with Crippen molar-refractivity contribution in [2.75, 3.05) is 38.0 Å². The molecule has 1 saturated carbocycles. The van der Waals surface area contributed by atoms with Gasteiger partial charge in [0.1, 0.15) is 21.7 Å². The van der Waals surface area contributed by atoms with E-state index in [9.17, 15) is 22.5 Å². The molecule has 1 atom stereocenters. The Bertz CT molecular complexity index is 2160. The first-order valence-corrected chi connectivity index (χ1v) is 20.6. The van der Waals surface area contributed by atoms with Crippen molar-refractivity contribution in [2.45, 2.75) is 77.5 Å². The van der Waals surface area contributed by atoms with Crippen LogP contribution in [0.2, 0.25) is 0 Å². The minimum absolute atomic E-state index is 0.0170. The number of nitrogens with zero attached hydrogens (tertiary/aromatic N) is 5. The lowest BCUT2D eigenvalue weighted by Gasteiger charge is -2.32. The van der Waals surface area contributed by atoms with E-state index in [1.54, 1.807) is 31.3 Å². The lowest BCUT2D eigenvalue weighted by molar-refractivity contribution is -0.137. The Kier molecular flexibility index (Phi) is 12.2. The van der Waals surface area contributed by atoms with Gasteiger partial charge in [-0.05, 0) is 93.2 Å². The summed E-state index contributed by atoms with van der Waals surface area (Å²) in [6.45, 7) is 10.6. The number of halogens is 4. The summed E-state index contributed by atoms with van der Waals surface area (Å²) in [5.74, 6) is -1.19. The van der Waals surface area contributed by atoms with Gasteiger partial charge in [-0.25, -0.2) is 9.97 Å². The summed E-state index contributed by atoms with van der Waals surface area (Å²) in [5, 5.41) is 12.4. The predicted octanol–water partition coefficient (Wildman–Crippen LogP) is 7.23. The van der Waals surface area contributed by atoms with Crippen molar-refractivity contribution in [1.82, 2.24) is 30.0 Å². The molecule has 2 aliphatic rings. The van der Waals surface area contributed by atoms with Gasteiger partial charge in [-0.3, -0.25) is 14.0 Å². The Hall–Kier alpha value is -4.07. The van der Waals surface area contributed by atoms with E-state index in [0.29, 0.717) is 28.6 Å². The fourth-order valence-corrected chi connectivity index (χ4v) is 8.05. The Labute approximate surface area is 337 Å². The highest BCUT2D eigenvalue weighted by Gasteiger charge is 2.52. The van der Waals surface area contributed by atoms with Crippen LogP contribution in [0.25, 0.3) is 0 Å². The molecular formula is C36H44BBrF3N8O7P. The lowest BCUT2D eigenvalue weighted by atomic mass is 9.82. The predicted molar refractivity (Wildman–Crippen MR) is 210 cm³/mol. The summed E-state index contributed by atoms with van der Waals surface area (Å²) < 4.78 is 88.1. The van der Waals surface area contributed by atoms with Crippen LogP contribution in [0.4, 0.5) is 36.3 Å². The van der Waals surface area contributed by atoms with Gasteiger partial charge in [0.05, 0.1) is 49.1 Å².